The SMILES string of the molecule is CCCN(CCC)Cn1nc2n(-c3ccccc3C)c(=O)c3ccccc3n2c1=S. The van der Waals surface area contributed by atoms with Crippen LogP contribution in [0.15, 0.2) is 53.3 Å². The van der Waals surface area contributed by atoms with Crippen molar-refractivity contribution in [2.24, 2.45) is 0 Å². The van der Waals surface area contributed by atoms with E-state index in [4.69, 9.17) is 17.3 Å². The summed E-state index contributed by atoms with van der Waals surface area (Å²) in [5.41, 5.74) is 2.54. The van der Waals surface area contributed by atoms with Crippen LogP contribution in [-0.2, 0) is 6.67 Å². The van der Waals surface area contributed by atoms with Gasteiger partial charge in [0.15, 0.2) is 0 Å². The van der Waals surface area contributed by atoms with E-state index >= 15 is 0 Å². The van der Waals surface area contributed by atoms with Crippen molar-refractivity contribution in [2.45, 2.75) is 40.3 Å². The summed E-state index contributed by atoms with van der Waals surface area (Å²) in [7, 11) is 0. The Morgan fingerprint density at radius 1 is 1.00 bits per heavy atom. The van der Waals surface area contributed by atoms with Crippen molar-refractivity contribution in [2.75, 3.05) is 13.1 Å². The highest BCUT2D eigenvalue weighted by atomic mass is 32.1. The maximum absolute atomic E-state index is 13.5. The molecule has 0 unspecified atom stereocenters. The van der Waals surface area contributed by atoms with E-state index in [2.05, 4.69) is 18.7 Å². The lowest BCUT2D eigenvalue weighted by Gasteiger charge is -2.20. The molecular formula is C23H27N5OS. The average molecular weight is 422 g/mol. The van der Waals surface area contributed by atoms with Crippen molar-refractivity contribution in [1.82, 2.24) is 23.6 Å². The number of para-hydroxylation sites is 2. The maximum atomic E-state index is 13.5. The van der Waals surface area contributed by atoms with Crippen molar-refractivity contribution < 1.29 is 0 Å². The number of hydrogen-bond acceptors (Lipinski definition) is 4. The van der Waals surface area contributed by atoms with E-state index in [1.54, 1.807) is 4.57 Å². The zero-order valence-corrected chi connectivity index (χ0v) is 18.5. The van der Waals surface area contributed by atoms with Gasteiger partial charge in [-0.15, -0.1) is 5.10 Å². The fraction of sp³-hybridized carbons (Fsp3) is 0.348. The molecule has 0 aliphatic carbocycles. The summed E-state index contributed by atoms with van der Waals surface area (Å²) in [5.74, 6) is 0.547. The number of hydrogen-bond donors (Lipinski definition) is 0. The van der Waals surface area contributed by atoms with Gasteiger partial charge in [-0.05, 0) is 68.8 Å². The molecule has 0 N–H and O–H groups in total. The van der Waals surface area contributed by atoms with Crippen LogP contribution in [0.4, 0.5) is 0 Å². The van der Waals surface area contributed by atoms with Gasteiger partial charge >= 0.3 is 0 Å². The van der Waals surface area contributed by atoms with Crippen molar-refractivity contribution in [3.63, 3.8) is 0 Å². The fourth-order valence-electron chi connectivity index (χ4n) is 4.01. The van der Waals surface area contributed by atoms with Crippen molar-refractivity contribution >= 4 is 28.9 Å². The molecule has 4 aromatic rings. The van der Waals surface area contributed by atoms with Gasteiger partial charge in [-0.25, -0.2) is 9.25 Å². The third-order valence-corrected chi connectivity index (χ3v) is 5.76. The molecule has 7 heteroatoms. The van der Waals surface area contributed by atoms with Crippen molar-refractivity contribution in [3.8, 4) is 5.69 Å². The summed E-state index contributed by atoms with van der Waals surface area (Å²) in [4.78, 5) is 15.8. The van der Waals surface area contributed by atoms with Crippen molar-refractivity contribution in [1.29, 1.82) is 0 Å². The summed E-state index contributed by atoms with van der Waals surface area (Å²) in [6, 6.07) is 15.5. The topological polar surface area (TPSA) is 47.5 Å². The molecule has 6 nitrogen and oxygen atoms in total. The Morgan fingerprint density at radius 3 is 2.37 bits per heavy atom. The van der Waals surface area contributed by atoms with Crippen LogP contribution < -0.4 is 5.56 Å². The molecule has 0 aliphatic rings. The largest absolute Gasteiger partial charge is 0.284 e. The van der Waals surface area contributed by atoms with Gasteiger partial charge in [0.05, 0.1) is 23.3 Å². The molecule has 0 radical (unpaired) electrons. The molecule has 156 valence electrons. The zero-order chi connectivity index (χ0) is 21.3. The van der Waals surface area contributed by atoms with E-state index in [-0.39, 0.29) is 5.56 Å². The van der Waals surface area contributed by atoms with E-state index < -0.39 is 0 Å². The molecule has 0 saturated heterocycles. The summed E-state index contributed by atoms with van der Waals surface area (Å²) in [6.45, 7) is 8.93. The van der Waals surface area contributed by atoms with Gasteiger partial charge < -0.3 is 0 Å². The van der Waals surface area contributed by atoms with Gasteiger partial charge in [0.25, 0.3) is 5.56 Å². The summed E-state index contributed by atoms with van der Waals surface area (Å²) < 4.78 is 6.06. The number of fused-ring (bicyclic) bond motifs is 3. The van der Waals surface area contributed by atoms with Crippen molar-refractivity contribution in [3.05, 3.63) is 69.2 Å². The fourth-order valence-corrected chi connectivity index (χ4v) is 4.29. The number of aryl methyl sites for hydroxylation is 1. The van der Waals surface area contributed by atoms with Crippen LogP contribution in [0.2, 0.25) is 0 Å². The molecule has 30 heavy (non-hydrogen) atoms. The van der Waals surface area contributed by atoms with Gasteiger partial charge in [0.1, 0.15) is 0 Å². The third kappa shape index (κ3) is 3.48. The van der Waals surface area contributed by atoms with Crippen LogP contribution in [0, 0.1) is 11.7 Å². The molecule has 0 aliphatic heterocycles. The van der Waals surface area contributed by atoms with E-state index in [9.17, 15) is 4.79 Å². The Labute approximate surface area is 181 Å². The Balaban J connectivity index is 2.04. The predicted molar refractivity (Wildman–Crippen MR) is 124 cm³/mol. The first-order chi connectivity index (χ1) is 14.6. The lowest BCUT2D eigenvalue weighted by atomic mass is 10.2. The highest BCUT2D eigenvalue weighted by molar-refractivity contribution is 7.71. The molecule has 0 fully saturated rings. The van der Waals surface area contributed by atoms with E-state index in [0.29, 0.717) is 22.6 Å². The van der Waals surface area contributed by atoms with E-state index in [1.165, 1.54) is 0 Å². The number of aromatic nitrogens is 4. The summed E-state index contributed by atoms with van der Waals surface area (Å²) in [5, 5.41) is 5.47. The maximum Gasteiger partial charge on any atom is 0.267 e. The first kappa shape index (κ1) is 20.5. The first-order valence-corrected chi connectivity index (χ1v) is 10.9. The van der Waals surface area contributed by atoms with Crippen LogP contribution in [0.5, 0.6) is 0 Å². The molecule has 2 aromatic heterocycles. The van der Waals surface area contributed by atoms with E-state index in [1.807, 2.05) is 64.5 Å². The zero-order valence-electron chi connectivity index (χ0n) is 17.7. The van der Waals surface area contributed by atoms with Gasteiger partial charge in [-0.1, -0.05) is 44.2 Å². The van der Waals surface area contributed by atoms with Crippen LogP contribution in [0.25, 0.3) is 22.4 Å². The second-order valence-corrected chi connectivity index (χ2v) is 7.99. The second kappa shape index (κ2) is 8.53. The molecule has 0 spiro atoms. The monoisotopic (exact) mass is 421 g/mol. The summed E-state index contributed by atoms with van der Waals surface area (Å²) in [6.07, 6.45) is 2.13. The quantitative estimate of drug-likeness (QED) is 0.411. The second-order valence-electron chi connectivity index (χ2n) is 7.62. The Kier molecular flexibility index (Phi) is 5.83. The normalized spacial score (nSPS) is 11.7. The summed E-state index contributed by atoms with van der Waals surface area (Å²) >= 11 is 5.85. The van der Waals surface area contributed by atoms with Crippen LogP contribution in [0.1, 0.15) is 32.3 Å². The lowest BCUT2D eigenvalue weighted by Crippen LogP contribution is -2.28. The molecule has 0 saturated carbocycles. The Bertz CT molecular complexity index is 1310. The average Bonchev–Trinajstić information content (AvgIpc) is 3.06. The van der Waals surface area contributed by atoms with Crippen LogP contribution in [0.3, 0.4) is 0 Å². The minimum Gasteiger partial charge on any atom is -0.284 e. The molecule has 0 bridgehead atoms. The molecule has 0 amide bonds. The van der Waals surface area contributed by atoms with Gasteiger partial charge in [0.2, 0.25) is 10.5 Å². The minimum absolute atomic E-state index is 0.0847. The van der Waals surface area contributed by atoms with Crippen LogP contribution >= 0.6 is 12.2 Å². The highest BCUT2D eigenvalue weighted by Gasteiger charge is 2.18. The smallest absolute Gasteiger partial charge is 0.267 e. The first-order valence-electron chi connectivity index (χ1n) is 10.5. The lowest BCUT2D eigenvalue weighted by molar-refractivity contribution is 0.206. The van der Waals surface area contributed by atoms with E-state index in [0.717, 1.165) is 42.7 Å². The molecular weight excluding hydrogens is 394 g/mol. The van der Waals surface area contributed by atoms with Gasteiger partial charge in [-0.3, -0.25) is 14.1 Å². The molecule has 2 heterocycles. The Hall–Kier alpha value is -2.77. The number of nitrogens with zero attached hydrogens (tertiary/aromatic N) is 5. The van der Waals surface area contributed by atoms with Gasteiger partial charge in [0, 0.05) is 0 Å². The van der Waals surface area contributed by atoms with Crippen LogP contribution in [-0.4, -0.2) is 36.7 Å². The highest BCUT2D eigenvalue weighted by Crippen LogP contribution is 2.19. The molecule has 0 atom stereocenters. The molecule has 2 aromatic carbocycles. The standard InChI is InChI=1S/C23H27N5OS/c1-4-14-25(15-5-2)16-26-23(30)28-20-13-9-7-11-18(20)21(29)27(22(28)24-26)19-12-8-6-10-17(19)3/h6-13H,4-5,14-16H2,1-3H3. The van der Waals surface area contributed by atoms with Gasteiger partial charge in [-0.2, -0.15) is 0 Å². The predicted octanol–water partition coefficient (Wildman–Crippen LogP) is 4.56. The number of rotatable bonds is 7. The number of benzene rings is 2. The minimum atomic E-state index is -0.0847. The molecule has 4 rings (SSSR count). The Morgan fingerprint density at radius 2 is 1.67 bits per heavy atom. The third-order valence-electron chi connectivity index (χ3n) is 5.37.